The van der Waals surface area contributed by atoms with Crippen LogP contribution in [0.3, 0.4) is 0 Å². The minimum absolute atomic E-state index is 0.0185. The number of guanidine groups is 1. The topological polar surface area (TPSA) is 96.1 Å². The SMILES string of the molecule is CCOC1CCN(C(=NC)NCc2cccnc2N2CCC(C(N)=O)CC2)CC1. The first-order valence-electron chi connectivity index (χ1n) is 10.7. The minimum atomic E-state index is -0.190. The number of primary amides is 1. The molecule has 3 N–H and O–H groups in total. The van der Waals surface area contributed by atoms with Gasteiger partial charge in [-0.15, -0.1) is 0 Å². The lowest BCUT2D eigenvalue weighted by Gasteiger charge is -2.35. The number of rotatable bonds is 6. The summed E-state index contributed by atoms with van der Waals surface area (Å²) in [6, 6.07) is 4.07. The first-order valence-corrected chi connectivity index (χ1v) is 10.7. The van der Waals surface area contributed by atoms with E-state index in [1.54, 1.807) is 0 Å². The molecular formula is C21H34N6O2. The van der Waals surface area contributed by atoms with Gasteiger partial charge in [0.05, 0.1) is 6.10 Å². The number of aliphatic imine (C=N–C) groups is 1. The van der Waals surface area contributed by atoms with Gasteiger partial charge in [-0.3, -0.25) is 9.79 Å². The van der Waals surface area contributed by atoms with E-state index in [4.69, 9.17) is 10.5 Å². The van der Waals surface area contributed by atoms with Crippen LogP contribution in [0, 0.1) is 5.92 Å². The van der Waals surface area contributed by atoms with E-state index in [-0.39, 0.29) is 11.8 Å². The standard InChI is InChI=1S/C21H34N6O2/c1-3-29-18-8-13-27(14-9-18)21(23-2)25-15-17-5-4-10-24-20(17)26-11-6-16(7-12-26)19(22)28/h4-5,10,16,18H,3,6-9,11-15H2,1-2H3,(H2,22,28)(H,23,25). The molecule has 1 aromatic heterocycles. The van der Waals surface area contributed by atoms with Crippen LogP contribution < -0.4 is 16.0 Å². The summed E-state index contributed by atoms with van der Waals surface area (Å²) in [7, 11) is 1.83. The van der Waals surface area contributed by atoms with Gasteiger partial charge in [-0.05, 0) is 38.7 Å². The number of likely N-dealkylation sites (tertiary alicyclic amines) is 1. The van der Waals surface area contributed by atoms with Crippen molar-refractivity contribution < 1.29 is 9.53 Å². The van der Waals surface area contributed by atoms with Gasteiger partial charge < -0.3 is 25.6 Å². The Morgan fingerprint density at radius 3 is 2.62 bits per heavy atom. The maximum absolute atomic E-state index is 11.4. The summed E-state index contributed by atoms with van der Waals surface area (Å²) >= 11 is 0. The number of aromatic nitrogens is 1. The van der Waals surface area contributed by atoms with Gasteiger partial charge in [-0.25, -0.2) is 4.98 Å². The molecule has 0 saturated carbocycles. The normalized spacial score (nSPS) is 19.4. The number of nitrogens with zero attached hydrogens (tertiary/aromatic N) is 4. The van der Waals surface area contributed by atoms with Gasteiger partial charge in [0.15, 0.2) is 5.96 Å². The number of hydrogen-bond donors (Lipinski definition) is 2. The fraction of sp³-hybridized carbons (Fsp3) is 0.667. The third-order valence-electron chi connectivity index (χ3n) is 5.86. The smallest absolute Gasteiger partial charge is 0.220 e. The zero-order valence-electron chi connectivity index (χ0n) is 17.6. The maximum atomic E-state index is 11.4. The van der Waals surface area contributed by atoms with E-state index >= 15 is 0 Å². The van der Waals surface area contributed by atoms with Gasteiger partial charge in [0.1, 0.15) is 5.82 Å². The van der Waals surface area contributed by atoms with Crippen molar-refractivity contribution in [1.82, 2.24) is 15.2 Å². The van der Waals surface area contributed by atoms with Crippen molar-refractivity contribution in [2.45, 2.75) is 45.3 Å². The Hall–Kier alpha value is -2.35. The molecule has 8 nitrogen and oxygen atoms in total. The number of amides is 1. The molecule has 0 unspecified atom stereocenters. The van der Waals surface area contributed by atoms with Crippen molar-refractivity contribution in [3.05, 3.63) is 23.9 Å². The van der Waals surface area contributed by atoms with E-state index in [0.717, 1.165) is 75.8 Å². The Morgan fingerprint density at radius 2 is 2.00 bits per heavy atom. The van der Waals surface area contributed by atoms with Crippen LogP contribution >= 0.6 is 0 Å². The molecule has 0 atom stereocenters. The summed E-state index contributed by atoms with van der Waals surface area (Å²) < 4.78 is 5.75. The Labute approximate surface area is 173 Å². The average Bonchev–Trinajstić information content (AvgIpc) is 2.76. The van der Waals surface area contributed by atoms with Gasteiger partial charge in [0.2, 0.25) is 5.91 Å². The van der Waals surface area contributed by atoms with Crippen LogP contribution in [0.4, 0.5) is 5.82 Å². The molecular weight excluding hydrogens is 368 g/mol. The Balaban J connectivity index is 1.57. The van der Waals surface area contributed by atoms with E-state index in [0.29, 0.717) is 12.6 Å². The number of carbonyl (C=O) groups is 1. The Bertz CT molecular complexity index is 694. The highest BCUT2D eigenvalue weighted by molar-refractivity contribution is 5.80. The summed E-state index contributed by atoms with van der Waals surface area (Å²) in [6.07, 6.45) is 5.82. The van der Waals surface area contributed by atoms with E-state index in [9.17, 15) is 4.79 Å². The number of hydrogen-bond acceptors (Lipinski definition) is 5. The number of nitrogens with one attached hydrogen (secondary N) is 1. The van der Waals surface area contributed by atoms with Crippen LogP contribution in [0.25, 0.3) is 0 Å². The lowest BCUT2D eigenvalue weighted by Crippen LogP contribution is -2.47. The predicted octanol–water partition coefficient (Wildman–Crippen LogP) is 1.36. The fourth-order valence-corrected chi connectivity index (χ4v) is 4.21. The van der Waals surface area contributed by atoms with Crippen LogP contribution in [-0.4, -0.2) is 67.7 Å². The highest BCUT2D eigenvalue weighted by atomic mass is 16.5. The summed E-state index contributed by atoms with van der Waals surface area (Å²) in [5.41, 5.74) is 6.60. The summed E-state index contributed by atoms with van der Waals surface area (Å²) in [4.78, 5) is 25.1. The van der Waals surface area contributed by atoms with E-state index in [2.05, 4.69) is 38.1 Å². The van der Waals surface area contributed by atoms with Crippen molar-refractivity contribution in [3.8, 4) is 0 Å². The van der Waals surface area contributed by atoms with Gasteiger partial charge in [-0.2, -0.15) is 0 Å². The monoisotopic (exact) mass is 402 g/mol. The number of carbonyl (C=O) groups excluding carboxylic acids is 1. The van der Waals surface area contributed by atoms with Gasteiger partial charge in [-0.1, -0.05) is 6.07 Å². The van der Waals surface area contributed by atoms with E-state index in [1.165, 1.54) is 0 Å². The number of ether oxygens (including phenoxy) is 1. The number of pyridine rings is 1. The lowest BCUT2D eigenvalue weighted by molar-refractivity contribution is -0.122. The van der Waals surface area contributed by atoms with Crippen molar-refractivity contribution in [2.75, 3.05) is 44.7 Å². The second kappa shape index (κ2) is 10.4. The highest BCUT2D eigenvalue weighted by Gasteiger charge is 2.25. The van der Waals surface area contributed by atoms with Crippen molar-refractivity contribution >= 4 is 17.7 Å². The molecule has 3 rings (SSSR count). The lowest BCUT2D eigenvalue weighted by atomic mass is 9.96. The second-order valence-electron chi connectivity index (χ2n) is 7.69. The number of nitrogens with two attached hydrogens (primary N) is 1. The molecule has 0 aromatic carbocycles. The molecule has 2 aliphatic rings. The summed E-state index contributed by atoms with van der Waals surface area (Å²) in [5.74, 6) is 1.69. The quantitative estimate of drug-likeness (QED) is 0.551. The molecule has 1 aromatic rings. The molecule has 2 fully saturated rings. The Morgan fingerprint density at radius 1 is 1.28 bits per heavy atom. The number of anilines is 1. The van der Waals surface area contributed by atoms with Gasteiger partial charge in [0.25, 0.3) is 0 Å². The first-order chi connectivity index (χ1) is 14.1. The molecule has 2 saturated heterocycles. The summed E-state index contributed by atoms with van der Waals surface area (Å²) in [6.45, 7) is 6.99. The van der Waals surface area contributed by atoms with Crippen LogP contribution in [0.5, 0.6) is 0 Å². The van der Waals surface area contributed by atoms with Crippen molar-refractivity contribution in [1.29, 1.82) is 0 Å². The molecule has 0 spiro atoms. The molecule has 1 amide bonds. The van der Waals surface area contributed by atoms with Crippen LogP contribution in [0.15, 0.2) is 23.3 Å². The minimum Gasteiger partial charge on any atom is -0.378 e. The van der Waals surface area contributed by atoms with Gasteiger partial charge in [0, 0.05) is 64.1 Å². The molecule has 0 aliphatic carbocycles. The highest BCUT2D eigenvalue weighted by Crippen LogP contribution is 2.24. The Kier molecular flexibility index (Phi) is 7.69. The van der Waals surface area contributed by atoms with E-state index in [1.807, 2.05) is 19.3 Å². The average molecular weight is 403 g/mol. The second-order valence-corrected chi connectivity index (χ2v) is 7.69. The molecule has 8 heteroatoms. The maximum Gasteiger partial charge on any atom is 0.220 e. The third kappa shape index (κ3) is 5.59. The van der Waals surface area contributed by atoms with Crippen LogP contribution in [0.1, 0.15) is 38.2 Å². The molecule has 3 heterocycles. The zero-order chi connectivity index (χ0) is 20.6. The first kappa shape index (κ1) is 21.4. The van der Waals surface area contributed by atoms with Crippen LogP contribution in [-0.2, 0) is 16.1 Å². The van der Waals surface area contributed by atoms with Crippen LogP contribution in [0.2, 0.25) is 0 Å². The molecule has 0 radical (unpaired) electrons. The molecule has 29 heavy (non-hydrogen) atoms. The summed E-state index contributed by atoms with van der Waals surface area (Å²) in [5, 5.41) is 3.50. The third-order valence-corrected chi connectivity index (χ3v) is 5.86. The van der Waals surface area contributed by atoms with Gasteiger partial charge >= 0.3 is 0 Å². The van der Waals surface area contributed by atoms with Crippen molar-refractivity contribution in [3.63, 3.8) is 0 Å². The largest absolute Gasteiger partial charge is 0.378 e. The fourth-order valence-electron chi connectivity index (χ4n) is 4.21. The predicted molar refractivity (Wildman–Crippen MR) is 115 cm³/mol. The molecule has 160 valence electrons. The van der Waals surface area contributed by atoms with Crippen molar-refractivity contribution in [2.24, 2.45) is 16.6 Å². The van der Waals surface area contributed by atoms with E-state index < -0.39 is 0 Å². The molecule has 2 aliphatic heterocycles. The molecule has 0 bridgehead atoms. The number of piperidine rings is 2. The zero-order valence-corrected chi connectivity index (χ0v) is 17.6.